The van der Waals surface area contributed by atoms with Crippen molar-refractivity contribution in [2.45, 2.75) is 16.8 Å². The topological polar surface area (TPSA) is 29.1 Å². The van der Waals surface area contributed by atoms with Crippen LogP contribution in [0.3, 0.4) is 0 Å². The maximum Gasteiger partial charge on any atom is 0.252 e. The molecule has 4 heteroatoms. The number of carbonyl (C=O) groups is 1. The fourth-order valence-electron chi connectivity index (χ4n) is 1.86. The third kappa shape index (κ3) is 3.87. The van der Waals surface area contributed by atoms with E-state index in [9.17, 15) is 4.79 Å². The fraction of sp³-hybridized carbons (Fsp3) is 0.188. The maximum absolute atomic E-state index is 12.2. The van der Waals surface area contributed by atoms with E-state index in [-0.39, 0.29) is 5.91 Å². The first-order chi connectivity index (χ1) is 9.74. The molecule has 2 rings (SSSR count). The Hall–Kier alpha value is -1.26. The quantitative estimate of drug-likeness (QED) is 0.646. The van der Waals surface area contributed by atoms with Gasteiger partial charge in [0.25, 0.3) is 5.91 Å². The molecule has 0 spiro atoms. The Morgan fingerprint density at radius 3 is 2.40 bits per heavy atom. The van der Waals surface area contributed by atoms with Gasteiger partial charge in [0, 0.05) is 16.8 Å². The molecule has 2 aromatic rings. The molecule has 20 heavy (non-hydrogen) atoms. The predicted molar refractivity (Wildman–Crippen MR) is 88.5 cm³/mol. The lowest BCUT2D eigenvalue weighted by atomic mass is 10.1. The Morgan fingerprint density at radius 1 is 1.10 bits per heavy atom. The van der Waals surface area contributed by atoms with E-state index in [1.54, 1.807) is 11.8 Å². The van der Waals surface area contributed by atoms with Crippen molar-refractivity contribution < 1.29 is 4.79 Å². The van der Waals surface area contributed by atoms with Crippen LogP contribution in [0.2, 0.25) is 0 Å². The number of rotatable bonds is 5. The highest BCUT2D eigenvalue weighted by atomic mass is 79.9. The average molecular weight is 350 g/mol. The summed E-state index contributed by atoms with van der Waals surface area (Å²) < 4.78 is 0. The predicted octanol–water partition coefficient (Wildman–Crippen LogP) is 4.23. The molecule has 1 N–H and O–H groups in total. The molecule has 0 bridgehead atoms. The molecule has 0 saturated heterocycles. The van der Waals surface area contributed by atoms with Gasteiger partial charge < -0.3 is 5.32 Å². The van der Waals surface area contributed by atoms with Crippen molar-refractivity contribution in [3.05, 3.63) is 65.2 Å². The number of thioether (sulfide) groups is 1. The highest BCUT2D eigenvalue weighted by Crippen LogP contribution is 2.19. The van der Waals surface area contributed by atoms with E-state index in [0.29, 0.717) is 6.54 Å². The van der Waals surface area contributed by atoms with E-state index in [0.717, 1.165) is 21.4 Å². The molecule has 0 saturated carbocycles. The second kappa shape index (κ2) is 7.50. The molecule has 104 valence electrons. The van der Waals surface area contributed by atoms with Crippen LogP contribution in [-0.4, -0.2) is 12.2 Å². The fourth-order valence-corrected chi connectivity index (χ4v) is 2.83. The lowest BCUT2D eigenvalue weighted by Crippen LogP contribution is -2.23. The summed E-state index contributed by atoms with van der Waals surface area (Å²) in [7, 11) is 0. The number of hydrogen-bond donors (Lipinski definition) is 1. The molecule has 0 aliphatic carbocycles. The lowest BCUT2D eigenvalue weighted by molar-refractivity contribution is 0.0948. The monoisotopic (exact) mass is 349 g/mol. The van der Waals surface area contributed by atoms with Gasteiger partial charge in [0.2, 0.25) is 0 Å². The zero-order valence-corrected chi connectivity index (χ0v) is 13.6. The van der Waals surface area contributed by atoms with Crippen LogP contribution in [0.15, 0.2) is 53.4 Å². The van der Waals surface area contributed by atoms with Crippen LogP contribution in [0.25, 0.3) is 0 Å². The van der Waals surface area contributed by atoms with Crippen molar-refractivity contribution in [3.8, 4) is 0 Å². The van der Waals surface area contributed by atoms with Crippen LogP contribution < -0.4 is 5.32 Å². The molecule has 0 atom stereocenters. The van der Waals surface area contributed by atoms with Crippen LogP contribution in [0.4, 0.5) is 0 Å². The van der Waals surface area contributed by atoms with Gasteiger partial charge in [0.15, 0.2) is 0 Å². The van der Waals surface area contributed by atoms with E-state index >= 15 is 0 Å². The summed E-state index contributed by atoms with van der Waals surface area (Å²) >= 11 is 5.00. The van der Waals surface area contributed by atoms with Crippen LogP contribution in [0.5, 0.6) is 0 Å². The van der Waals surface area contributed by atoms with Gasteiger partial charge in [0.1, 0.15) is 0 Å². The number of alkyl halides is 1. The zero-order valence-electron chi connectivity index (χ0n) is 11.2. The molecular formula is C16H16BrNOS. The summed E-state index contributed by atoms with van der Waals surface area (Å²) in [6.07, 6.45) is 1.98. The summed E-state index contributed by atoms with van der Waals surface area (Å²) in [5, 5.41) is 3.81. The third-order valence-corrected chi connectivity index (χ3v) is 4.43. The Kier molecular flexibility index (Phi) is 5.68. The van der Waals surface area contributed by atoms with Crippen molar-refractivity contribution >= 4 is 33.6 Å². The number of nitrogens with one attached hydrogen (secondary N) is 1. The Labute approximate surface area is 132 Å². The molecule has 0 aliphatic rings. The molecule has 2 nitrogen and oxygen atoms in total. The second-order valence-corrected chi connectivity index (χ2v) is 5.74. The van der Waals surface area contributed by atoms with Crippen molar-refractivity contribution in [2.24, 2.45) is 0 Å². The van der Waals surface area contributed by atoms with Crippen molar-refractivity contribution in [3.63, 3.8) is 0 Å². The van der Waals surface area contributed by atoms with Gasteiger partial charge in [-0.1, -0.05) is 52.3 Å². The minimum Gasteiger partial charge on any atom is -0.348 e. The van der Waals surface area contributed by atoms with E-state index < -0.39 is 0 Å². The second-order valence-electron chi connectivity index (χ2n) is 4.33. The van der Waals surface area contributed by atoms with E-state index in [4.69, 9.17) is 0 Å². The Bertz CT molecular complexity index is 583. The average Bonchev–Trinajstić information content (AvgIpc) is 2.53. The number of benzene rings is 2. The lowest BCUT2D eigenvalue weighted by Gasteiger charge is -2.09. The number of carbonyl (C=O) groups excluding carboxylic acids is 1. The van der Waals surface area contributed by atoms with Crippen molar-refractivity contribution in [1.82, 2.24) is 5.32 Å². The number of hydrogen-bond acceptors (Lipinski definition) is 2. The summed E-state index contributed by atoms with van der Waals surface area (Å²) in [5.41, 5.74) is 3.06. The highest BCUT2D eigenvalue weighted by Gasteiger charge is 2.09. The third-order valence-electron chi connectivity index (χ3n) is 2.98. The van der Waals surface area contributed by atoms with Crippen molar-refractivity contribution in [1.29, 1.82) is 0 Å². The Morgan fingerprint density at radius 2 is 1.75 bits per heavy atom. The molecule has 0 unspecified atom stereocenters. The van der Waals surface area contributed by atoms with Gasteiger partial charge in [-0.15, -0.1) is 11.8 Å². The molecule has 2 aromatic carbocycles. The molecule has 1 amide bonds. The molecule has 0 heterocycles. The van der Waals surface area contributed by atoms with Gasteiger partial charge in [-0.05, 0) is 29.5 Å². The molecule has 0 aliphatic heterocycles. The molecule has 0 aromatic heterocycles. The van der Waals surface area contributed by atoms with Gasteiger partial charge >= 0.3 is 0 Å². The summed E-state index contributed by atoms with van der Waals surface area (Å²) in [6, 6.07) is 15.9. The zero-order chi connectivity index (χ0) is 14.4. The maximum atomic E-state index is 12.2. The van der Waals surface area contributed by atoms with E-state index in [1.807, 2.05) is 42.7 Å². The highest BCUT2D eigenvalue weighted by molar-refractivity contribution is 9.08. The first-order valence-corrected chi connectivity index (χ1v) is 8.64. The van der Waals surface area contributed by atoms with Gasteiger partial charge in [-0.25, -0.2) is 0 Å². The van der Waals surface area contributed by atoms with Crippen molar-refractivity contribution in [2.75, 3.05) is 6.26 Å². The summed E-state index contributed by atoms with van der Waals surface area (Å²) in [4.78, 5) is 13.2. The van der Waals surface area contributed by atoms with Crippen LogP contribution in [0, 0.1) is 0 Å². The SMILES string of the molecule is CSc1ccccc1C(=O)NCc1ccc(CBr)cc1. The standard InChI is InChI=1S/C16H16BrNOS/c1-20-15-5-3-2-4-14(15)16(19)18-11-13-8-6-12(10-17)7-9-13/h2-9H,10-11H2,1H3,(H,18,19). The Balaban J connectivity index is 2.01. The summed E-state index contributed by atoms with van der Waals surface area (Å²) in [5.74, 6) is -0.0282. The normalized spacial score (nSPS) is 10.3. The summed E-state index contributed by atoms with van der Waals surface area (Å²) in [6.45, 7) is 0.546. The minimum atomic E-state index is -0.0282. The van der Waals surface area contributed by atoms with E-state index in [1.165, 1.54) is 5.56 Å². The first-order valence-electron chi connectivity index (χ1n) is 6.29. The largest absolute Gasteiger partial charge is 0.348 e. The van der Waals surface area contributed by atoms with Crippen LogP contribution >= 0.6 is 27.7 Å². The van der Waals surface area contributed by atoms with E-state index in [2.05, 4.69) is 33.4 Å². The molecule has 0 radical (unpaired) electrons. The number of halogens is 1. The van der Waals surface area contributed by atoms with Crippen LogP contribution in [0.1, 0.15) is 21.5 Å². The molecular weight excluding hydrogens is 334 g/mol. The smallest absolute Gasteiger partial charge is 0.252 e. The van der Waals surface area contributed by atoms with Gasteiger partial charge in [-0.2, -0.15) is 0 Å². The first kappa shape index (κ1) is 15.1. The molecule has 0 fully saturated rings. The van der Waals surface area contributed by atoms with Gasteiger partial charge in [-0.3, -0.25) is 4.79 Å². The van der Waals surface area contributed by atoms with Gasteiger partial charge in [0.05, 0.1) is 5.56 Å². The number of amides is 1. The minimum absolute atomic E-state index is 0.0282. The van der Waals surface area contributed by atoms with Crippen LogP contribution in [-0.2, 0) is 11.9 Å².